The van der Waals surface area contributed by atoms with Crippen molar-refractivity contribution in [3.63, 3.8) is 0 Å². The van der Waals surface area contributed by atoms with Crippen molar-refractivity contribution in [3.05, 3.63) is 35.9 Å². The van der Waals surface area contributed by atoms with E-state index in [1.807, 2.05) is 37.3 Å². The van der Waals surface area contributed by atoms with Gasteiger partial charge in [-0.2, -0.15) is 17.0 Å². The third kappa shape index (κ3) is 3.03. The van der Waals surface area contributed by atoms with Gasteiger partial charge in [0.1, 0.15) is 0 Å². The standard InChI is InChI=1S/C14H22N2O3S/c1-12-8-9-16(14(12)11-17)20(18,19)15(2)10-13-6-4-3-5-7-13/h3-7,12,14,17H,8-11H2,1-2H3. The minimum atomic E-state index is -3.52. The maximum absolute atomic E-state index is 12.6. The van der Waals surface area contributed by atoms with Gasteiger partial charge in [-0.25, -0.2) is 0 Å². The van der Waals surface area contributed by atoms with E-state index in [-0.39, 0.29) is 18.6 Å². The number of nitrogens with zero attached hydrogens (tertiary/aromatic N) is 2. The molecule has 20 heavy (non-hydrogen) atoms. The quantitative estimate of drug-likeness (QED) is 0.884. The normalized spacial score (nSPS) is 24.4. The summed E-state index contributed by atoms with van der Waals surface area (Å²) in [5.74, 6) is 0.194. The lowest BCUT2D eigenvalue weighted by Crippen LogP contribution is -2.46. The van der Waals surface area contributed by atoms with Crippen LogP contribution in [-0.4, -0.2) is 48.4 Å². The van der Waals surface area contributed by atoms with Crippen LogP contribution >= 0.6 is 0 Å². The summed E-state index contributed by atoms with van der Waals surface area (Å²) in [6.45, 7) is 2.67. The fraction of sp³-hybridized carbons (Fsp3) is 0.571. The first kappa shape index (κ1) is 15.4. The second kappa shape index (κ2) is 6.22. The Kier molecular flexibility index (Phi) is 4.80. The first-order chi connectivity index (χ1) is 9.46. The monoisotopic (exact) mass is 298 g/mol. The van der Waals surface area contributed by atoms with Crippen molar-refractivity contribution in [3.8, 4) is 0 Å². The van der Waals surface area contributed by atoms with Crippen LogP contribution in [0, 0.1) is 5.92 Å². The molecule has 5 nitrogen and oxygen atoms in total. The maximum atomic E-state index is 12.6. The van der Waals surface area contributed by atoms with Crippen LogP contribution in [0.2, 0.25) is 0 Å². The molecule has 0 spiro atoms. The Labute approximate surface area is 121 Å². The molecular formula is C14H22N2O3S. The summed E-state index contributed by atoms with van der Waals surface area (Å²) in [6.07, 6.45) is 0.795. The van der Waals surface area contributed by atoms with Gasteiger partial charge in [0.2, 0.25) is 0 Å². The molecule has 2 unspecified atom stereocenters. The van der Waals surface area contributed by atoms with E-state index in [2.05, 4.69) is 0 Å². The molecule has 1 saturated heterocycles. The molecule has 0 aromatic heterocycles. The average molecular weight is 298 g/mol. The number of aliphatic hydroxyl groups is 1. The molecule has 0 saturated carbocycles. The zero-order valence-corrected chi connectivity index (χ0v) is 12.8. The van der Waals surface area contributed by atoms with E-state index in [0.29, 0.717) is 13.1 Å². The van der Waals surface area contributed by atoms with Gasteiger partial charge in [-0.05, 0) is 17.9 Å². The van der Waals surface area contributed by atoms with Gasteiger partial charge in [-0.1, -0.05) is 37.3 Å². The minimum Gasteiger partial charge on any atom is -0.395 e. The molecule has 2 atom stereocenters. The van der Waals surface area contributed by atoms with Gasteiger partial charge in [0, 0.05) is 20.1 Å². The summed E-state index contributed by atoms with van der Waals surface area (Å²) in [5.41, 5.74) is 0.950. The summed E-state index contributed by atoms with van der Waals surface area (Å²) < 4.78 is 28.0. The fourth-order valence-corrected chi connectivity index (χ4v) is 4.25. The Balaban J connectivity index is 2.14. The predicted molar refractivity (Wildman–Crippen MR) is 78.2 cm³/mol. The van der Waals surface area contributed by atoms with Gasteiger partial charge in [0.05, 0.1) is 12.6 Å². The third-order valence-electron chi connectivity index (χ3n) is 3.96. The lowest BCUT2D eigenvalue weighted by molar-refractivity contribution is 0.185. The van der Waals surface area contributed by atoms with Crippen LogP contribution in [0.1, 0.15) is 18.9 Å². The van der Waals surface area contributed by atoms with Crippen LogP contribution in [0.3, 0.4) is 0 Å². The highest BCUT2D eigenvalue weighted by molar-refractivity contribution is 7.86. The Morgan fingerprint density at radius 3 is 2.60 bits per heavy atom. The van der Waals surface area contributed by atoms with Crippen LogP contribution < -0.4 is 0 Å². The van der Waals surface area contributed by atoms with Crippen LogP contribution in [0.5, 0.6) is 0 Å². The summed E-state index contributed by atoms with van der Waals surface area (Å²) >= 11 is 0. The highest BCUT2D eigenvalue weighted by atomic mass is 32.2. The van der Waals surface area contributed by atoms with Gasteiger partial charge in [-0.3, -0.25) is 0 Å². The second-order valence-corrected chi connectivity index (χ2v) is 7.36. The van der Waals surface area contributed by atoms with E-state index in [1.165, 1.54) is 8.61 Å². The highest BCUT2D eigenvalue weighted by Gasteiger charge is 2.40. The number of hydrogen-bond acceptors (Lipinski definition) is 3. The van der Waals surface area contributed by atoms with Crippen LogP contribution in [0.4, 0.5) is 0 Å². The van der Waals surface area contributed by atoms with E-state index < -0.39 is 10.2 Å². The van der Waals surface area contributed by atoms with Crippen molar-refractivity contribution in [1.82, 2.24) is 8.61 Å². The Hall–Kier alpha value is -0.950. The molecule has 1 aromatic carbocycles. The lowest BCUT2D eigenvalue weighted by atomic mass is 10.0. The van der Waals surface area contributed by atoms with Crippen molar-refractivity contribution >= 4 is 10.2 Å². The molecule has 0 radical (unpaired) electrons. The third-order valence-corrected chi connectivity index (χ3v) is 5.92. The zero-order valence-electron chi connectivity index (χ0n) is 11.9. The molecule has 1 aromatic rings. The van der Waals surface area contributed by atoms with E-state index in [1.54, 1.807) is 7.05 Å². The summed E-state index contributed by atoms with van der Waals surface area (Å²) in [4.78, 5) is 0. The molecule has 0 aliphatic carbocycles. The van der Waals surface area contributed by atoms with Gasteiger partial charge in [0.25, 0.3) is 10.2 Å². The Morgan fingerprint density at radius 1 is 1.35 bits per heavy atom. The van der Waals surface area contributed by atoms with E-state index in [0.717, 1.165) is 12.0 Å². The van der Waals surface area contributed by atoms with Crippen molar-refractivity contribution < 1.29 is 13.5 Å². The van der Waals surface area contributed by atoms with E-state index in [9.17, 15) is 13.5 Å². The van der Waals surface area contributed by atoms with Gasteiger partial charge < -0.3 is 5.11 Å². The first-order valence-corrected chi connectivity index (χ1v) is 8.24. The van der Waals surface area contributed by atoms with Crippen molar-refractivity contribution in [2.75, 3.05) is 20.2 Å². The molecule has 1 heterocycles. The average Bonchev–Trinajstić information content (AvgIpc) is 2.81. The molecule has 6 heteroatoms. The SMILES string of the molecule is CC1CCN(S(=O)(=O)N(C)Cc2ccccc2)C1CO. The van der Waals surface area contributed by atoms with Crippen molar-refractivity contribution in [2.24, 2.45) is 5.92 Å². The van der Waals surface area contributed by atoms with Crippen molar-refractivity contribution in [1.29, 1.82) is 0 Å². The van der Waals surface area contributed by atoms with Crippen molar-refractivity contribution in [2.45, 2.75) is 25.9 Å². The van der Waals surface area contributed by atoms with Crippen LogP contribution in [-0.2, 0) is 16.8 Å². The highest BCUT2D eigenvalue weighted by Crippen LogP contribution is 2.27. The summed E-state index contributed by atoms with van der Waals surface area (Å²) in [6, 6.07) is 9.19. The second-order valence-electron chi connectivity index (χ2n) is 5.38. The molecule has 1 aliphatic heterocycles. The molecular weight excluding hydrogens is 276 g/mol. The maximum Gasteiger partial charge on any atom is 0.282 e. The Bertz CT molecular complexity index is 533. The smallest absolute Gasteiger partial charge is 0.282 e. The number of rotatable bonds is 5. The Morgan fingerprint density at radius 2 is 2.00 bits per heavy atom. The van der Waals surface area contributed by atoms with Gasteiger partial charge >= 0.3 is 0 Å². The molecule has 1 N–H and O–H groups in total. The van der Waals surface area contributed by atoms with E-state index >= 15 is 0 Å². The minimum absolute atomic E-state index is 0.125. The summed E-state index contributed by atoms with van der Waals surface area (Å²) in [7, 11) is -1.94. The van der Waals surface area contributed by atoms with Crippen LogP contribution in [0.15, 0.2) is 30.3 Å². The van der Waals surface area contributed by atoms with Crippen LogP contribution in [0.25, 0.3) is 0 Å². The molecule has 0 amide bonds. The zero-order chi connectivity index (χ0) is 14.8. The summed E-state index contributed by atoms with van der Waals surface area (Å²) in [5, 5.41) is 9.42. The first-order valence-electron chi connectivity index (χ1n) is 6.84. The largest absolute Gasteiger partial charge is 0.395 e. The fourth-order valence-electron chi connectivity index (χ4n) is 2.63. The van der Waals surface area contributed by atoms with Gasteiger partial charge in [0.15, 0.2) is 0 Å². The topological polar surface area (TPSA) is 60.9 Å². The number of benzene rings is 1. The lowest BCUT2D eigenvalue weighted by Gasteiger charge is -2.29. The predicted octanol–water partition coefficient (Wildman–Crippen LogP) is 1.07. The molecule has 1 aliphatic rings. The molecule has 112 valence electrons. The number of hydrogen-bond donors (Lipinski definition) is 1. The van der Waals surface area contributed by atoms with E-state index in [4.69, 9.17) is 0 Å². The van der Waals surface area contributed by atoms with Gasteiger partial charge in [-0.15, -0.1) is 0 Å². The molecule has 1 fully saturated rings. The molecule has 2 rings (SSSR count). The molecule has 0 bridgehead atoms. The number of aliphatic hydroxyl groups excluding tert-OH is 1.